The topological polar surface area (TPSA) is 47.9 Å². The number of rotatable bonds is 0. The van der Waals surface area contributed by atoms with Crippen molar-refractivity contribution in [3.63, 3.8) is 0 Å². The molecule has 3 rings (SSSR count). The van der Waals surface area contributed by atoms with Crippen LogP contribution in [0.5, 0.6) is 0 Å². The van der Waals surface area contributed by atoms with Crippen LogP contribution in [0, 0.1) is 0 Å². The highest BCUT2D eigenvalue weighted by Gasteiger charge is 1.96. The van der Waals surface area contributed by atoms with Crippen LogP contribution < -0.4 is 6.15 Å². The number of hydrogen-bond acceptors (Lipinski definition) is 2. The molecule has 0 aliphatic rings. The lowest BCUT2D eigenvalue weighted by Crippen LogP contribution is -1.80. The molecule has 0 fully saturated rings. The summed E-state index contributed by atoms with van der Waals surface area (Å²) >= 11 is 0. The number of pyridine rings is 1. The van der Waals surface area contributed by atoms with Crippen LogP contribution in [0.2, 0.25) is 0 Å². The normalized spacial score (nSPS) is 10.1. The summed E-state index contributed by atoms with van der Waals surface area (Å²) in [7, 11) is 0. The highest BCUT2D eigenvalue weighted by Crippen LogP contribution is 2.18. The lowest BCUT2D eigenvalue weighted by molar-refractivity contribution is 1.50. The van der Waals surface area contributed by atoms with Crippen LogP contribution in [0.4, 0.5) is 0 Å². The lowest BCUT2D eigenvalue weighted by atomic mass is 10.1. The fourth-order valence-electron chi connectivity index (χ4n) is 1.72. The molecule has 3 aromatic rings. The van der Waals surface area contributed by atoms with Gasteiger partial charge in [0.15, 0.2) is 0 Å². The number of nitrogens with zero attached hydrogens (tertiary/aromatic N) is 1. The number of benzene rings is 2. The monoisotopic (exact) mass is 196 g/mol. The minimum Gasteiger partial charge on any atom is -0.344 e. The van der Waals surface area contributed by atoms with E-state index in [0.29, 0.717) is 0 Å². The summed E-state index contributed by atoms with van der Waals surface area (Å²) in [4.78, 5) is 4.58. The van der Waals surface area contributed by atoms with Gasteiger partial charge in [0.05, 0.1) is 11.0 Å². The largest absolute Gasteiger partial charge is 0.344 e. The van der Waals surface area contributed by atoms with E-state index in [9.17, 15) is 0 Å². The minimum absolute atomic E-state index is 0. The molecule has 0 saturated carbocycles. The van der Waals surface area contributed by atoms with Gasteiger partial charge < -0.3 is 6.15 Å². The number of para-hydroxylation sites is 2. The van der Waals surface area contributed by atoms with Gasteiger partial charge in [-0.15, -0.1) is 0 Å². The Kier molecular flexibility index (Phi) is 2.35. The first kappa shape index (κ1) is 9.62. The SMILES string of the molecule is N.c1ccc2nc3ccccc3cc2c1. The first-order chi connectivity index (χ1) is 6.93. The molecule has 1 aromatic heterocycles. The third kappa shape index (κ3) is 1.55. The summed E-state index contributed by atoms with van der Waals surface area (Å²) < 4.78 is 0. The molecule has 0 bridgehead atoms. The van der Waals surface area contributed by atoms with Crippen molar-refractivity contribution in [3.8, 4) is 0 Å². The molecule has 2 nitrogen and oxygen atoms in total. The highest BCUT2D eigenvalue weighted by molar-refractivity contribution is 5.92. The molecule has 74 valence electrons. The molecule has 0 saturated heterocycles. The summed E-state index contributed by atoms with van der Waals surface area (Å²) in [6, 6.07) is 18.6. The molecule has 2 aromatic carbocycles. The van der Waals surface area contributed by atoms with Gasteiger partial charge in [0, 0.05) is 10.8 Å². The van der Waals surface area contributed by atoms with Crippen molar-refractivity contribution in [1.29, 1.82) is 0 Å². The van der Waals surface area contributed by atoms with E-state index in [1.807, 2.05) is 36.4 Å². The summed E-state index contributed by atoms with van der Waals surface area (Å²) in [5.41, 5.74) is 2.12. The van der Waals surface area contributed by atoms with Crippen molar-refractivity contribution in [3.05, 3.63) is 54.6 Å². The minimum atomic E-state index is 0. The van der Waals surface area contributed by atoms with Crippen LogP contribution in [0.25, 0.3) is 21.8 Å². The highest BCUT2D eigenvalue weighted by atomic mass is 14.7. The lowest BCUT2D eigenvalue weighted by Gasteiger charge is -1.99. The number of fused-ring (bicyclic) bond motifs is 2. The second-order valence-corrected chi connectivity index (χ2v) is 3.37. The van der Waals surface area contributed by atoms with Gasteiger partial charge in [-0.05, 0) is 18.2 Å². The Morgan fingerprint density at radius 2 is 1.13 bits per heavy atom. The zero-order valence-electron chi connectivity index (χ0n) is 8.35. The van der Waals surface area contributed by atoms with Gasteiger partial charge in [-0.1, -0.05) is 36.4 Å². The van der Waals surface area contributed by atoms with Gasteiger partial charge in [-0.2, -0.15) is 0 Å². The van der Waals surface area contributed by atoms with E-state index in [1.165, 1.54) is 10.8 Å². The molecule has 3 N–H and O–H groups in total. The summed E-state index contributed by atoms with van der Waals surface area (Å²) in [5, 5.41) is 2.40. The molecule has 0 aliphatic carbocycles. The molecule has 2 heteroatoms. The van der Waals surface area contributed by atoms with Crippen LogP contribution in [0.1, 0.15) is 0 Å². The molecule has 0 aliphatic heterocycles. The van der Waals surface area contributed by atoms with Crippen LogP contribution in [0.15, 0.2) is 54.6 Å². The van der Waals surface area contributed by atoms with E-state index in [1.54, 1.807) is 0 Å². The van der Waals surface area contributed by atoms with E-state index >= 15 is 0 Å². The molecule has 0 unspecified atom stereocenters. The molecule has 0 atom stereocenters. The van der Waals surface area contributed by atoms with E-state index < -0.39 is 0 Å². The van der Waals surface area contributed by atoms with Crippen molar-refractivity contribution in [2.24, 2.45) is 0 Å². The van der Waals surface area contributed by atoms with Crippen LogP contribution in [-0.2, 0) is 0 Å². The first-order valence-electron chi connectivity index (χ1n) is 4.68. The van der Waals surface area contributed by atoms with Gasteiger partial charge in [0.1, 0.15) is 0 Å². The molecule has 1 heterocycles. The zero-order chi connectivity index (χ0) is 9.38. The van der Waals surface area contributed by atoms with Crippen molar-refractivity contribution in [2.75, 3.05) is 0 Å². The van der Waals surface area contributed by atoms with Gasteiger partial charge in [0.25, 0.3) is 0 Å². The summed E-state index contributed by atoms with van der Waals surface area (Å²) in [6.07, 6.45) is 0. The average molecular weight is 196 g/mol. The van der Waals surface area contributed by atoms with Crippen molar-refractivity contribution in [1.82, 2.24) is 11.1 Å². The maximum Gasteiger partial charge on any atom is 0.0709 e. The van der Waals surface area contributed by atoms with Gasteiger partial charge in [0.2, 0.25) is 0 Å². The van der Waals surface area contributed by atoms with Gasteiger partial charge in [-0.3, -0.25) is 0 Å². The van der Waals surface area contributed by atoms with E-state index in [2.05, 4.69) is 23.2 Å². The summed E-state index contributed by atoms with van der Waals surface area (Å²) in [5.74, 6) is 0. The maximum atomic E-state index is 4.58. The second kappa shape index (κ2) is 3.67. The average Bonchev–Trinajstić information content (AvgIpc) is 2.26. The quantitative estimate of drug-likeness (QED) is 0.559. The third-order valence-electron chi connectivity index (χ3n) is 2.43. The zero-order valence-corrected chi connectivity index (χ0v) is 8.35. The van der Waals surface area contributed by atoms with Crippen molar-refractivity contribution >= 4 is 21.8 Å². The number of aromatic nitrogens is 1. The maximum absolute atomic E-state index is 4.58. The second-order valence-electron chi connectivity index (χ2n) is 3.37. The molecule has 0 spiro atoms. The Labute approximate surface area is 88.2 Å². The van der Waals surface area contributed by atoms with Gasteiger partial charge >= 0.3 is 0 Å². The van der Waals surface area contributed by atoms with Gasteiger partial charge in [-0.25, -0.2) is 4.98 Å². The van der Waals surface area contributed by atoms with E-state index in [4.69, 9.17) is 0 Å². The fraction of sp³-hybridized carbons (Fsp3) is 0. The van der Waals surface area contributed by atoms with E-state index in [-0.39, 0.29) is 6.15 Å². The third-order valence-corrected chi connectivity index (χ3v) is 2.43. The first-order valence-corrected chi connectivity index (χ1v) is 4.68. The predicted octanol–water partition coefficient (Wildman–Crippen LogP) is 3.55. The molecular formula is C13H12N2. The molecule has 0 amide bonds. The number of hydrogen-bond donors (Lipinski definition) is 1. The van der Waals surface area contributed by atoms with Crippen LogP contribution in [0.3, 0.4) is 0 Å². The van der Waals surface area contributed by atoms with Crippen molar-refractivity contribution < 1.29 is 0 Å². The Bertz CT molecular complexity index is 497. The Morgan fingerprint density at radius 3 is 1.67 bits per heavy atom. The molecule has 0 radical (unpaired) electrons. The molecule has 15 heavy (non-hydrogen) atoms. The smallest absolute Gasteiger partial charge is 0.0709 e. The van der Waals surface area contributed by atoms with Crippen LogP contribution >= 0.6 is 0 Å². The van der Waals surface area contributed by atoms with Crippen LogP contribution in [-0.4, -0.2) is 4.98 Å². The summed E-state index contributed by atoms with van der Waals surface area (Å²) in [6.45, 7) is 0. The van der Waals surface area contributed by atoms with Crippen molar-refractivity contribution in [2.45, 2.75) is 0 Å². The fourth-order valence-corrected chi connectivity index (χ4v) is 1.72. The Morgan fingerprint density at radius 1 is 0.667 bits per heavy atom. The Balaban J connectivity index is 0.000000853. The predicted molar refractivity (Wildman–Crippen MR) is 64.3 cm³/mol. The van der Waals surface area contributed by atoms with E-state index in [0.717, 1.165) is 11.0 Å². The molecular weight excluding hydrogens is 184 g/mol. The Hall–Kier alpha value is -1.93. The standard InChI is InChI=1S/C13H9N.H3N/c1-3-7-12-10(5-1)9-11-6-2-4-8-13(11)14-12;/h1-9H;1H3.